The number of esters is 1. The fraction of sp³-hybridized carbons (Fsp3) is 0.333. The molecule has 0 aliphatic heterocycles. The Labute approximate surface area is 103 Å². The molecule has 0 atom stereocenters. The van der Waals surface area contributed by atoms with E-state index in [1.54, 1.807) is 24.3 Å². The zero-order chi connectivity index (χ0) is 12.0. The van der Waals surface area contributed by atoms with Crippen LogP contribution in [-0.4, -0.2) is 18.4 Å². The molecule has 0 aliphatic carbocycles. The molecule has 3 nitrogen and oxygen atoms in total. The fourth-order valence-corrected chi connectivity index (χ4v) is 1.40. The molecule has 1 rings (SSSR count). The summed E-state index contributed by atoms with van der Waals surface area (Å²) in [5.41, 5.74) is 0.525. The van der Waals surface area contributed by atoms with E-state index in [4.69, 9.17) is 4.74 Å². The molecule has 0 bridgehead atoms. The number of hydrogen-bond acceptors (Lipinski definition) is 3. The van der Waals surface area contributed by atoms with Crippen molar-refractivity contribution in [3.05, 3.63) is 34.3 Å². The number of benzene rings is 1. The lowest BCUT2D eigenvalue weighted by molar-refractivity contribution is -0.142. The summed E-state index contributed by atoms with van der Waals surface area (Å²) >= 11 is 3.28. The van der Waals surface area contributed by atoms with E-state index in [1.165, 1.54) is 0 Å². The molecule has 0 unspecified atom stereocenters. The molecule has 0 radical (unpaired) electrons. The van der Waals surface area contributed by atoms with Crippen LogP contribution in [0.2, 0.25) is 0 Å². The van der Waals surface area contributed by atoms with Gasteiger partial charge < -0.3 is 4.74 Å². The molecule has 4 heteroatoms. The number of halogens is 1. The van der Waals surface area contributed by atoms with Gasteiger partial charge >= 0.3 is 5.97 Å². The summed E-state index contributed by atoms with van der Waals surface area (Å²) < 4.78 is 5.74. The second-order valence-corrected chi connectivity index (χ2v) is 4.24. The highest BCUT2D eigenvalue weighted by atomic mass is 79.9. The van der Waals surface area contributed by atoms with Crippen molar-refractivity contribution < 1.29 is 14.3 Å². The average molecular weight is 285 g/mol. The highest BCUT2D eigenvalue weighted by Gasteiger charge is 2.12. The van der Waals surface area contributed by atoms with Gasteiger partial charge in [0.15, 0.2) is 5.78 Å². The summed E-state index contributed by atoms with van der Waals surface area (Å²) in [6, 6.07) is 6.90. The summed E-state index contributed by atoms with van der Waals surface area (Å²) in [4.78, 5) is 22.8. The summed E-state index contributed by atoms with van der Waals surface area (Å²) in [6.45, 7) is 2.27. The number of ether oxygens (including phenoxy) is 1. The van der Waals surface area contributed by atoms with E-state index in [0.717, 1.165) is 10.9 Å². The molecule has 0 aliphatic rings. The van der Waals surface area contributed by atoms with Crippen molar-refractivity contribution in [2.75, 3.05) is 6.61 Å². The van der Waals surface area contributed by atoms with Crippen molar-refractivity contribution in [3.8, 4) is 0 Å². The first kappa shape index (κ1) is 12.9. The van der Waals surface area contributed by atoms with Gasteiger partial charge in [0.25, 0.3) is 0 Å². The second kappa shape index (κ2) is 6.43. The molecule has 0 spiro atoms. The van der Waals surface area contributed by atoms with Gasteiger partial charge in [-0.15, -0.1) is 0 Å². The van der Waals surface area contributed by atoms with Crippen LogP contribution in [0.1, 0.15) is 30.1 Å². The van der Waals surface area contributed by atoms with Gasteiger partial charge in [0.05, 0.1) is 6.61 Å². The molecule has 0 amide bonds. The van der Waals surface area contributed by atoms with Crippen molar-refractivity contribution in [3.63, 3.8) is 0 Å². The second-order valence-electron chi connectivity index (χ2n) is 3.33. The van der Waals surface area contributed by atoms with Crippen molar-refractivity contribution in [1.82, 2.24) is 0 Å². The third-order valence-electron chi connectivity index (χ3n) is 1.94. The minimum absolute atomic E-state index is 0.193. The molecular formula is C12H13BrO3. The first-order valence-electron chi connectivity index (χ1n) is 5.08. The minimum Gasteiger partial charge on any atom is -0.465 e. The Morgan fingerprint density at radius 2 is 1.88 bits per heavy atom. The Morgan fingerprint density at radius 3 is 2.44 bits per heavy atom. The normalized spacial score (nSPS) is 9.88. The molecule has 0 N–H and O–H groups in total. The van der Waals surface area contributed by atoms with Crippen LogP contribution >= 0.6 is 15.9 Å². The summed E-state index contributed by atoms with van der Waals surface area (Å²) in [5, 5.41) is 0. The predicted molar refractivity (Wildman–Crippen MR) is 64.3 cm³/mol. The van der Waals surface area contributed by atoms with Gasteiger partial charge in [0.2, 0.25) is 0 Å². The monoisotopic (exact) mass is 284 g/mol. The maximum atomic E-state index is 11.6. The minimum atomic E-state index is -0.463. The molecule has 16 heavy (non-hydrogen) atoms. The molecule has 0 saturated heterocycles. The topological polar surface area (TPSA) is 43.4 Å². The molecule has 1 aromatic rings. The quantitative estimate of drug-likeness (QED) is 0.474. The van der Waals surface area contributed by atoms with E-state index >= 15 is 0 Å². The maximum absolute atomic E-state index is 11.6. The van der Waals surface area contributed by atoms with Crippen LogP contribution in [-0.2, 0) is 9.53 Å². The first-order chi connectivity index (χ1) is 7.63. The molecule has 86 valence electrons. The number of rotatable bonds is 5. The smallest absolute Gasteiger partial charge is 0.313 e. The van der Waals surface area contributed by atoms with Crippen LogP contribution < -0.4 is 0 Å². The van der Waals surface area contributed by atoms with Crippen molar-refractivity contribution >= 4 is 27.7 Å². The fourth-order valence-electron chi connectivity index (χ4n) is 1.14. The van der Waals surface area contributed by atoms with Gasteiger partial charge in [-0.1, -0.05) is 35.0 Å². The Bertz CT molecular complexity index is 370. The largest absolute Gasteiger partial charge is 0.465 e. The predicted octanol–water partition coefficient (Wildman–Crippen LogP) is 2.98. The van der Waals surface area contributed by atoms with E-state index in [2.05, 4.69) is 15.9 Å². The van der Waals surface area contributed by atoms with E-state index in [1.807, 2.05) is 6.92 Å². The number of carbonyl (C=O) groups is 2. The highest BCUT2D eigenvalue weighted by molar-refractivity contribution is 9.10. The van der Waals surface area contributed by atoms with Gasteiger partial charge in [-0.2, -0.15) is 0 Å². The van der Waals surface area contributed by atoms with E-state index in [9.17, 15) is 9.59 Å². The average Bonchev–Trinajstić information content (AvgIpc) is 2.27. The Morgan fingerprint density at radius 1 is 1.25 bits per heavy atom. The van der Waals surface area contributed by atoms with Gasteiger partial charge in [-0.3, -0.25) is 9.59 Å². The van der Waals surface area contributed by atoms with Crippen molar-refractivity contribution in [1.29, 1.82) is 0 Å². The molecule has 1 aromatic carbocycles. The van der Waals surface area contributed by atoms with E-state index < -0.39 is 5.97 Å². The Kier molecular flexibility index (Phi) is 5.19. The highest BCUT2D eigenvalue weighted by Crippen LogP contribution is 2.12. The Hall–Kier alpha value is -1.16. The van der Waals surface area contributed by atoms with E-state index in [-0.39, 0.29) is 12.2 Å². The van der Waals surface area contributed by atoms with Gasteiger partial charge in [0, 0.05) is 10.0 Å². The van der Waals surface area contributed by atoms with Gasteiger partial charge in [-0.05, 0) is 18.6 Å². The summed E-state index contributed by atoms with van der Waals surface area (Å²) in [5.74, 6) is -0.677. The van der Waals surface area contributed by atoms with Crippen LogP contribution in [0.15, 0.2) is 28.7 Å². The summed E-state index contributed by atoms with van der Waals surface area (Å²) in [6.07, 6.45) is 0.569. The van der Waals surface area contributed by atoms with Crippen molar-refractivity contribution in [2.24, 2.45) is 0 Å². The van der Waals surface area contributed by atoms with Crippen molar-refractivity contribution in [2.45, 2.75) is 19.8 Å². The third-order valence-corrected chi connectivity index (χ3v) is 2.47. The molecule has 0 fully saturated rings. The van der Waals surface area contributed by atoms with Crippen LogP contribution in [0.5, 0.6) is 0 Å². The zero-order valence-corrected chi connectivity index (χ0v) is 10.6. The lowest BCUT2D eigenvalue weighted by Crippen LogP contribution is -2.11. The number of carbonyl (C=O) groups excluding carboxylic acids is 2. The Balaban J connectivity index is 2.52. The number of ketones is 1. The molecule has 0 aromatic heterocycles. The molecule has 0 heterocycles. The van der Waals surface area contributed by atoms with Gasteiger partial charge in [-0.25, -0.2) is 0 Å². The summed E-state index contributed by atoms with van der Waals surface area (Å²) in [7, 11) is 0. The SMILES string of the molecule is CCCOC(=O)CC(=O)c1ccc(Br)cc1. The number of hydrogen-bond donors (Lipinski definition) is 0. The first-order valence-corrected chi connectivity index (χ1v) is 5.87. The van der Waals surface area contributed by atoms with Crippen LogP contribution in [0.25, 0.3) is 0 Å². The van der Waals surface area contributed by atoms with Gasteiger partial charge in [0.1, 0.15) is 6.42 Å². The molecular weight excluding hydrogens is 272 g/mol. The lowest BCUT2D eigenvalue weighted by Gasteiger charge is -2.02. The van der Waals surface area contributed by atoms with Crippen LogP contribution in [0, 0.1) is 0 Å². The lowest BCUT2D eigenvalue weighted by atomic mass is 10.1. The maximum Gasteiger partial charge on any atom is 0.313 e. The standard InChI is InChI=1S/C12H13BrO3/c1-2-7-16-12(15)8-11(14)9-3-5-10(13)6-4-9/h3-6H,2,7-8H2,1H3. The number of Topliss-reactive ketones (excluding diaryl/α,β-unsaturated/α-hetero) is 1. The zero-order valence-electron chi connectivity index (χ0n) is 9.03. The third kappa shape index (κ3) is 4.14. The molecule has 0 saturated carbocycles. The van der Waals surface area contributed by atoms with Crippen LogP contribution in [0.4, 0.5) is 0 Å². The van der Waals surface area contributed by atoms with Crippen LogP contribution in [0.3, 0.4) is 0 Å². The van der Waals surface area contributed by atoms with E-state index in [0.29, 0.717) is 12.2 Å².